The Labute approximate surface area is 106 Å². The Bertz CT molecular complexity index is 315. The molecule has 0 spiro atoms. The van der Waals surface area contributed by atoms with E-state index in [1.807, 2.05) is 12.1 Å². The molecule has 0 aromatic heterocycles. The van der Waals surface area contributed by atoms with Crippen molar-refractivity contribution in [3.63, 3.8) is 0 Å². The molecule has 0 saturated heterocycles. The lowest BCUT2D eigenvalue weighted by Gasteiger charge is -2.12. The van der Waals surface area contributed by atoms with Crippen LogP contribution < -0.4 is 9.47 Å². The number of halogens is 2. The normalized spacial score (nSPS) is 10.0. The zero-order valence-electron chi connectivity index (χ0n) is 8.14. The predicted octanol–water partition coefficient (Wildman–Crippen LogP) is 3.85. The fraction of sp³-hybridized carbons (Fsp3) is 0.400. The molecule has 0 N–H and O–H groups in total. The molecule has 0 heterocycles. The minimum Gasteiger partial charge on any atom is -0.493 e. The minimum absolute atomic E-state index is 0.716. The van der Waals surface area contributed by atoms with Gasteiger partial charge in [-0.05, 0) is 41.1 Å². The summed E-state index contributed by atoms with van der Waals surface area (Å²) < 4.78 is 12.9. The molecule has 0 unspecified atom stereocenters. The van der Waals surface area contributed by atoms with Crippen LogP contribution in [-0.2, 0) is 0 Å². The summed E-state index contributed by atoms with van der Waals surface area (Å²) in [6.07, 6.45) is 0.995. The SMILES string of the molecule is CCCOc1c(I)cc(Br)cc1OC. The maximum atomic E-state index is 5.61. The fourth-order valence-corrected chi connectivity index (χ4v) is 2.65. The second-order valence-corrected chi connectivity index (χ2v) is 4.85. The molecular formula is C10H12BrIO2. The number of benzene rings is 1. The molecule has 2 nitrogen and oxygen atoms in total. The highest BCUT2D eigenvalue weighted by molar-refractivity contribution is 14.1. The Morgan fingerprint density at radius 3 is 2.71 bits per heavy atom. The first kappa shape index (κ1) is 12.1. The molecule has 0 aliphatic carbocycles. The molecular weight excluding hydrogens is 359 g/mol. The number of ether oxygens (including phenoxy) is 2. The maximum absolute atomic E-state index is 5.61. The predicted molar refractivity (Wildman–Crippen MR) is 69.2 cm³/mol. The highest BCUT2D eigenvalue weighted by Crippen LogP contribution is 2.35. The van der Waals surface area contributed by atoms with Gasteiger partial charge in [0.2, 0.25) is 0 Å². The van der Waals surface area contributed by atoms with Gasteiger partial charge in [0.1, 0.15) is 0 Å². The molecule has 0 aliphatic rings. The van der Waals surface area contributed by atoms with E-state index in [2.05, 4.69) is 45.4 Å². The average Bonchev–Trinajstić information content (AvgIpc) is 2.15. The van der Waals surface area contributed by atoms with Crippen LogP contribution in [0.1, 0.15) is 13.3 Å². The topological polar surface area (TPSA) is 18.5 Å². The van der Waals surface area contributed by atoms with Crippen LogP contribution in [0.15, 0.2) is 16.6 Å². The van der Waals surface area contributed by atoms with E-state index in [0.29, 0.717) is 6.61 Å². The van der Waals surface area contributed by atoms with Gasteiger partial charge >= 0.3 is 0 Å². The molecule has 0 atom stereocenters. The smallest absolute Gasteiger partial charge is 0.174 e. The van der Waals surface area contributed by atoms with Gasteiger partial charge in [0, 0.05) is 4.47 Å². The summed E-state index contributed by atoms with van der Waals surface area (Å²) in [5, 5.41) is 0. The van der Waals surface area contributed by atoms with Crippen LogP contribution >= 0.6 is 38.5 Å². The summed E-state index contributed by atoms with van der Waals surface area (Å²) >= 11 is 5.66. The summed E-state index contributed by atoms with van der Waals surface area (Å²) in [7, 11) is 1.65. The van der Waals surface area contributed by atoms with Gasteiger partial charge in [0.25, 0.3) is 0 Å². The summed E-state index contributed by atoms with van der Waals surface area (Å²) in [5.41, 5.74) is 0. The van der Waals surface area contributed by atoms with Crippen LogP contribution in [-0.4, -0.2) is 13.7 Å². The second kappa shape index (κ2) is 5.80. The van der Waals surface area contributed by atoms with Crippen molar-refractivity contribution in [3.8, 4) is 11.5 Å². The first-order chi connectivity index (χ1) is 6.69. The second-order valence-electron chi connectivity index (χ2n) is 2.77. The van der Waals surface area contributed by atoms with Crippen molar-refractivity contribution in [2.24, 2.45) is 0 Å². The molecule has 0 radical (unpaired) electrons. The Morgan fingerprint density at radius 2 is 2.14 bits per heavy atom. The monoisotopic (exact) mass is 370 g/mol. The van der Waals surface area contributed by atoms with E-state index >= 15 is 0 Å². The van der Waals surface area contributed by atoms with E-state index in [4.69, 9.17) is 9.47 Å². The molecule has 4 heteroatoms. The molecule has 0 aliphatic heterocycles. The van der Waals surface area contributed by atoms with Crippen LogP contribution in [0.25, 0.3) is 0 Å². The van der Waals surface area contributed by atoms with E-state index in [-0.39, 0.29) is 0 Å². The van der Waals surface area contributed by atoms with Crippen molar-refractivity contribution in [2.45, 2.75) is 13.3 Å². The van der Waals surface area contributed by atoms with Crippen LogP contribution in [0, 0.1) is 3.57 Å². The standard InChI is InChI=1S/C10H12BrIO2/c1-3-4-14-10-8(12)5-7(11)6-9(10)13-2/h5-6H,3-4H2,1-2H3. The molecule has 0 bridgehead atoms. The first-order valence-electron chi connectivity index (χ1n) is 4.34. The van der Waals surface area contributed by atoms with E-state index in [1.54, 1.807) is 7.11 Å². The zero-order chi connectivity index (χ0) is 10.6. The summed E-state index contributed by atoms with van der Waals surface area (Å²) in [6, 6.07) is 3.92. The van der Waals surface area contributed by atoms with Crippen molar-refractivity contribution < 1.29 is 9.47 Å². The van der Waals surface area contributed by atoms with Gasteiger partial charge in [0.05, 0.1) is 17.3 Å². The maximum Gasteiger partial charge on any atom is 0.174 e. The van der Waals surface area contributed by atoms with Gasteiger partial charge in [-0.1, -0.05) is 22.9 Å². The third kappa shape index (κ3) is 3.02. The molecule has 14 heavy (non-hydrogen) atoms. The molecule has 0 amide bonds. The Balaban J connectivity index is 2.99. The van der Waals surface area contributed by atoms with Crippen molar-refractivity contribution in [3.05, 3.63) is 20.2 Å². The minimum atomic E-state index is 0.716. The lowest BCUT2D eigenvalue weighted by Crippen LogP contribution is -1.99. The van der Waals surface area contributed by atoms with Crippen molar-refractivity contribution in [2.75, 3.05) is 13.7 Å². The first-order valence-corrected chi connectivity index (χ1v) is 6.22. The lowest BCUT2D eigenvalue weighted by molar-refractivity contribution is 0.292. The fourth-order valence-electron chi connectivity index (χ4n) is 1.03. The average molecular weight is 371 g/mol. The largest absolute Gasteiger partial charge is 0.493 e. The quantitative estimate of drug-likeness (QED) is 0.749. The van der Waals surface area contributed by atoms with Gasteiger partial charge in [-0.25, -0.2) is 0 Å². The van der Waals surface area contributed by atoms with Crippen molar-refractivity contribution in [1.29, 1.82) is 0 Å². The number of rotatable bonds is 4. The number of hydrogen-bond donors (Lipinski definition) is 0. The Kier molecular flexibility index (Phi) is 5.01. The third-order valence-corrected chi connectivity index (χ3v) is 2.90. The van der Waals surface area contributed by atoms with E-state index < -0.39 is 0 Å². The molecule has 1 aromatic rings. The van der Waals surface area contributed by atoms with E-state index in [9.17, 15) is 0 Å². The van der Waals surface area contributed by atoms with Crippen LogP contribution in [0.5, 0.6) is 11.5 Å². The van der Waals surface area contributed by atoms with Crippen molar-refractivity contribution >= 4 is 38.5 Å². The third-order valence-electron chi connectivity index (χ3n) is 1.64. The van der Waals surface area contributed by atoms with Gasteiger partial charge in [-0.15, -0.1) is 0 Å². The van der Waals surface area contributed by atoms with Crippen LogP contribution in [0.4, 0.5) is 0 Å². The Morgan fingerprint density at radius 1 is 1.43 bits per heavy atom. The Hall–Kier alpha value is 0.0300. The number of hydrogen-bond acceptors (Lipinski definition) is 2. The van der Waals surface area contributed by atoms with Crippen LogP contribution in [0.2, 0.25) is 0 Å². The van der Waals surface area contributed by atoms with Crippen LogP contribution in [0.3, 0.4) is 0 Å². The zero-order valence-corrected chi connectivity index (χ0v) is 11.9. The molecule has 0 saturated carbocycles. The number of methoxy groups -OCH3 is 1. The van der Waals surface area contributed by atoms with Gasteiger partial charge in [0.15, 0.2) is 11.5 Å². The molecule has 1 rings (SSSR count). The van der Waals surface area contributed by atoms with Gasteiger partial charge in [-0.3, -0.25) is 0 Å². The highest BCUT2D eigenvalue weighted by atomic mass is 127. The lowest BCUT2D eigenvalue weighted by atomic mass is 10.3. The highest BCUT2D eigenvalue weighted by Gasteiger charge is 2.09. The molecule has 78 valence electrons. The van der Waals surface area contributed by atoms with Gasteiger partial charge < -0.3 is 9.47 Å². The summed E-state index contributed by atoms with van der Waals surface area (Å²) in [6.45, 7) is 2.80. The van der Waals surface area contributed by atoms with E-state index in [1.165, 1.54) is 0 Å². The molecule has 0 fully saturated rings. The summed E-state index contributed by atoms with van der Waals surface area (Å²) in [5.74, 6) is 1.61. The van der Waals surface area contributed by atoms with Crippen molar-refractivity contribution in [1.82, 2.24) is 0 Å². The van der Waals surface area contributed by atoms with Gasteiger partial charge in [-0.2, -0.15) is 0 Å². The summed E-state index contributed by atoms with van der Waals surface area (Å²) in [4.78, 5) is 0. The molecule has 1 aromatic carbocycles. The van der Waals surface area contributed by atoms with E-state index in [0.717, 1.165) is 26.0 Å².